The van der Waals surface area contributed by atoms with Gasteiger partial charge in [0.05, 0.1) is 103 Å². The molecular formula is C30H58O16P4. The molecule has 0 aromatic rings. The van der Waals surface area contributed by atoms with Gasteiger partial charge in [-0.1, -0.05) is 26.7 Å². The van der Waals surface area contributed by atoms with Gasteiger partial charge in [-0.3, -0.25) is 0 Å². The van der Waals surface area contributed by atoms with Crippen molar-refractivity contribution in [3.63, 3.8) is 0 Å². The van der Waals surface area contributed by atoms with Crippen molar-refractivity contribution in [2.45, 2.75) is 65.6 Å². The lowest BCUT2D eigenvalue weighted by Gasteiger charge is -2.55. The summed E-state index contributed by atoms with van der Waals surface area (Å²) in [5, 5.41) is 0. The topological polar surface area (TPSA) is 148 Å². The zero-order valence-corrected chi connectivity index (χ0v) is 33.6. The fraction of sp³-hybridized carbons (Fsp3) is 1.00. The lowest BCUT2D eigenvalue weighted by Crippen LogP contribution is -2.64. The first kappa shape index (κ1) is 43.8. The molecule has 0 radical (unpaired) electrons. The van der Waals surface area contributed by atoms with Crippen molar-refractivity contribution < 1.29 is 73.2 Å². The molecule has 0 aliphatic carbocycles. The Hall–Kier alpha value is 1.08. The summed E-state index contributed by atoms with van der Waals surface area (Å²) < 4.78 is 96.4. The van der Waals surface area contributed by atoms with Gasteiger partial charge in [0.25, 0.3) is 0 Å². The summed E-state index contributed by atoms with van der Waals surface area (Å²) in [6.45, 7) is 15.3. The predicted octanol–water partition coefficient (Wildman–Crippen LogP) is 6.56. The van der Waals surface area contributed by atoms with Crippen molar-refractivity contribution in [3.8, 4) is 0 Å². The molecule has 4 unspecified atom stereocenters. The first-order valence-electron chi connectivity index (χ1n) is 17.7. The van der Waals surface area contributed by atoms with Crippen molar-refractivity contribution in [1.82, 2.24) is 0 Å². The molecule has 4 rings (SSSR count). The molecule has 50 heavy (non-hydrogen) atoms. The summed E-state index contributed by atoms with van der Waals surface area (Å²) in [6.07, 6.45) is 2.89. The number of ether oxygens (including phenoxy) is 4. The normalized spacial score (nSPS) is 33.4. The van der Waals surface area contributed by atoms with Gasteiger partial charge >= 0.3 is 34.4 Å². The van der Waals surface area contributed by atoms with Crippen molar-refractivity contribution >= 4 is 34.4 Å². The van der Waals surface area contributed by atoms with E-state index in [-0.39, 0.29) is 39.6 Å². The highest BCUT2D eigenvalue weighted by molar-refractivity contribution is 7.42. The first-order valence-corrected chi connectivity index (χ1v) is 22.1. The van der Waals surface area contributed by atoms with E-state index in [1.54, 1.807) is 0 Å². The Labute approximate surface area is 302 Å². The summed E-state index contributed by atoms with van der Waals surface area (Å²) >= 11 is 0. The van der Waals surface area contributed by atoms with Crippen LogP contribution in [0.25, 0.3) is 0 Å². The van der Waals surface area contributed by atoms with E-state index in [9.17, 15) is 0 Å². The third-order valence-corrected chi connectivity index (χ3v) is 12.4. The second-order valence-corrected chi connectivity index (χ2v) is 16.8. The summed E-state index contributed by atoms with van der Waals surface area (Å²) in [5.41, 5.74) is -1.53. The van der Waals surface area contributed by atoms with Gasteiger partial charge in [-0.2, -0.15) is 0 Å². The zero-order valence-electron chi connectivity index (χ0n) is 30.0. The Bertz CT molecular complexity index is 854. The second kappa shape index (κ2) is 25.3. The van der Waals surface area contributed by atoms with Gasteiger partial charge in [-0.05, 0) is 26.7 Å². The minimum atomic E-state index is -1.75. The van der Waals surface area contributed by atoms with E-state index < -0.39 is 57.4 Å². The van der Waals surface area contributed by atoms with Gasteiger partial charge in [0.2, 0.25) is 0 Å². The highest BCUT2D eigenvalue weighted by Crippen LogP contribution is 2.62. The molecule has 0 aromatic carbocycles. The maximum absolute atomic E-state index is 6.70. The Morgan fingerprint density at radius 1 is 0.420 bits per heavy atom. The molecule has 4 heterocycles. The number of hydrogen-bond acceptors (Lipinski definition) is 16. The Morgan fingerprint density at radius 3 is 1.08 bits per heavy atom. The fourth-order valence-corrected chi connectivity index (χ4v) is 10.0. The molecule has 2 spiro atoms. The van der Waals surface area contributed by atoms with Crippen LogP contribution in [0.4, 0.5) is 0 Å². The lowest BCUT2D eigenvalue weighted by molar-refractivity contribution is -0.207. The average Bonchev–Trinajstić information content (AvgIpc) is 3.14. The Morgan fingerprint density at radius 2 is 0.740 bits per heavy atom. The molecule has 4 aliphatic rings. The number of rotatable bonds is 25. The molecule has 20 heteroatoms. The molecule has 4 fully saturated rings. The highest BCUT2D eigenvalue weighted by Gasteiger charge is 2.62. The van der Waals surface area contributed by atoms with E-state index in [4.69, 9.17) is 73.2 Å². The minimum Gasteiger partial charge on any atom is -0.379 e. The summed E-state index contributed by atoms with van der Waals surface area (Å²) in [7, 11) is -6.65. The second-order valence-electron chi connectivity index (χ2n) is 12.0. The van der Waals surface area contributed by atoms with E-state index >= 15 is 0 Å². The minimum absolute atomic E-state index is 0.247. The summed E-state index contributed by atoms with van der Waals surface area (Å²) in [5.74, 6) is 0. The van der Waals surface area contributed by atoms with Crippen LogP contribution in [0.3, 0.4) is 0 Å². The molecule has 4 saturated heterocycles. The first-order chi connectivity index (χ1) is 24.6. The lowest BCUT2D eigenvalue weighted by atomic mass is 9.72. The zero-order chi connectivity index (χ0) is 35.3. The van der Waals surface area contributed by atoms with Crippen LogP contribution in [0.2, 0.25) is 0 Å². The van der Waals surface area contributed by atoms with E-state index in [1.807, 2.05) is 13.8 Å². The molecule has 4 atom stereocenters. The summed E-state index contributed by atoms with van der Waals surface area (Å²) in [4.78, 5) is 0. The number of hydrogen-bond donors (Lipinski definition) is 0. The van der Waals surface area contributed by atoms with Crippen molar-refractivity contribution in [2.75, 3.05) is 119 Å². The van der Waals surface area contributed by atoms with Gasteiger partial charge in [0, 0.05) is 26.4 Å². The standard InChI is InChI=1S/C30H58O16P4/c1-5-9-11-33-15-19-36-48-41-23-30(24-42-48)26-44-50(38-20-16-34-12-10-6-2)46-28(30)27-29(25-43-49(45-27)37-18-14-32-8-4)21-39-47(40-22-29)35-17-13-31-7-3/h27-28H,5-26H2,1-4H3. The van der Waals surface area contributed by atoms with Crippen LogP contribution in [-0.4, -0.2) is 131 Å². The van der Waals surface area contributed by atoms with Crippen molar-refractivity contribution in [3.05, 3.63) is 0 Å². The predicted molar refractivity (Wildman–Crippen MR) is 186 cm³/mol. The molecule has 294 valence electrons. The van der Waals surface area contributed by atoms with Crippen LogP contribution in [-0.2, 0) is 73.2 Å². The Kier molecular flexibility index (Phi) is 22.1. The highest BCUT2D eigenvalue weighted by atomic mass is 31.2. The maximum Gasteiger partial charge on any atom is 0.333 e. The third-order valence-electron chi connectivity index (χ3n) is 8.02. The molecular weight excluding hydrogens is 740 g/mol. The molecule has 4 aliphatic heterocycles. The maximum atomic E-state index is 6.70. The molecule has 0 aromatic heterocycles. The van der Waals surface area contributed by atoms with Crippen LogP contribution in [0.15, 0.2) is 0 Å². The average molecular weight is 799 g/mol. The van der Waals surface area contributed by atoms with Crippen LogP contribution >= 0.6 is 34.4 Å². The van der Waals surface area contributed by atoms with Crippen molar-refractivity contribution in [2.24, 2.45) is 10.8 Å². The van der Waals surface area contributed by atoms with Crippen molar-refractivity contribution in [1.29, 1.82) is 0 Å². The molecule has 0 N–H and O–H groups in total. The summed E-state index contributed by atoms with van der Waals surface area (Å²) in [6, 6.07) is 0. The quantitative estimate of drug-likeness (QED) is 0.0724. The third kappa shape index (κ3) is 14.3. The molecule has 0 bridgehead atoms. The van der Waals surface area contributed by atoms with E-state index in [2.05, 4.69) is 13.8 Å². The SMILES string of the molecule is CCCCOCCOP1OCC2(CO1)COP(OCCOCCCC)OC2C1OP(OCCOCC)OCC12COP(OCCOCC)OC2. The smallest absolute Gasteiger partial charge is 0.333 e. The van der Waals surface area contributed by atoms with E-state index in [0.717, 1.165) is 25.7 Å². The molecule has 0 saturated carbocycles. The number of unbranched alkanes of at least 4 members (excludes halogenated alkanes) is 2. The van der Waals surface area contributed by atoms with Gasteiger partial charge in [-0.25, -0.2) is 0 Å². The van der Waals surface area contributed by atoms with Gasteiger partial charge in [0.1, 0.15) is 12.2 Å². The largest absolute Gasteiger partial charge is 0.379 e. The fourth-order valence-electron chi connectivity index (χ4n) is 5.08. The van der Waals surface area contributed by atoms with Gasteiger partial charge in [0.15, 0.2) is 0 Å². The van der Waals surface area contributed by atoms with Crippen LogP contribution < -0.4 is 0 Å². The van der Waals surface area contributed by atoms with Gasteiger partial charge < -0.3 is 73.2 Å². The van der Waals surface area contributed by atoms with E-state index in [1.165, 1.54) is 0 Å². The Balaban J connectivity index is 1.46. The van der Waals surface area contributed by atoms with Crippen LogP contribution in [0, 0.1) is 10.8 Å². The monoisotopic (exact) mass is 798 g/mol. The van der Waals surface area contributed by atoms with Gasteiger partial charge in [-0.15, -0.1) is 0 Å². The molecule has 0 amide bonds. The molecule has 16 nitrogen and oxygen atoms in total. The van der Waals surface area contributed by atoms with Crippen LogP contribution in [0.5, 0.6) is 0 Å². The van der Waals surface area contributed by atoms with Crippen LogP contribution in [0.1, 0.15) is 53.4 Å². The van der Waals surface area contributed by atoms with E-state index in [0.29, 0.717) is 79.3 Å².